The molecule has 2 aromatic carbocycles. The highest BCUT2D eigenvalue weighted by molar-refractivity contribution is 7.99. The maximum atomic E-state index is 11.1. The van der Waals surface area contributed by atoms with Gasteiger partial charge in [0.05, 0.1) is 11.9 Å². The van der Waals surface area contributed by atoms with Crippen molar-refractivity contribution in [3.63, 3.8) is 0 Å². The van der Waals surface area contributed by atoms with Crippen LogP contribution in [-0.2, 0) is 4.79 Å². The van der Waals surface area contributed by atoms with Gasteiger partial charge < -0.3 is 0 Å². The number of carbonyl (C=O) groups is 1. The van der Waals surface area contributed by atoms with Gasteiger partial charge in [0.2, 0.25) is 5.91 Å². The first kappa shape index (κ1) is 17.9. The van der Waals surface area contributed by atoms with Crippen LogP contribution in [0.15, 0.2) is 70.8 Å². The van der Waals surface area contributed by atoms with Gasteiger partial charge in [-0.05, 0) is 30.0 Å². The highest BCUT2D eigenvalue weighted by atomic mass is 32.2. The minimum atomic E-state index is -0.209. The third kappa shape index (κ3) is 4.40. The third-order valence-corrected chi connectivity index (χ3v) is 4.52. The Kier molecular flexibility index (Phi) is 5.86. The SMILES string of the molecule is CCSc1ccc(-c2nn(-c3ccccc3)cc2/C=N\NC(C)=O)cc1. The Hall–Kier alpha value is -2.86. The number of benzene rings is 2. The number of nitrogens with one attached hydrogen (secondary N) is 1. The summed E-state index contributed by atoms with van der Waals surface area (Å²) in [7, 11) is 0. The van der Waals surface area contributed by atoms with Gasteiger partial charge in [0.1, 0.15) is 5.69 Å². The monoisotopic (exact) mass is 364 g/mol. The summed E-state index contributed by atoms with van der Waals surface area (Å²) >= 11 is 1.80. The summed E-state index contributed by atoms with van der Waals surface area (Å²) in [5.74, 6) is 0.829. The summed E-state index contributed by atoms with van der Waals surface area (Å²) in [6.07, 6.45) is 3.53. The molecule has 1 amide bonds. The quantitative estimate of drug-likeness (QED) is 0.407. The van der Waals surface area contributed by atoms with Crippen molar-refractivity contribution in [3.8, 4) is 16.9 Å². The van der Waals surface area contributed by atoms with E-state index in [9.17, 15) is 4.79 Å². The van der Waals surface area contributed by atoms with E-state index in [1.54, 1.807) is 18.0 Å². The van der Waals surface area contributed by atoms with Crippen molar-refractivity contribution in [1.82, 2.24) is 15.2 Å². The largest absolute Gasteiger partial charge is 0.274 e. The molecule has 0 aliphatic heterocycles. The van der Waals surface area contributed by atoms with Gasteiger partial charge in [0.25, 0.3) is 0 Å². The average Bonchev–Trinajstić information content (AvgIpc) is 3.07. The van der Waals surface area contributed by atoms with Crippen molar-refractivity contribution in [2.24, 2.45) is 5.10 Å². The Bertz CT molecular complexity index is 901. The topological polar surface area (TPSA) is 59.3 Å². The second kappa shape index (κ2) is 8.49. The zero-order chi connectivity index (χ0) is 18.4. The van der Waals surface area contributed by atoms with Crippen LogP contribution in [0.2, 0.25) is 0 Å². The lowest BCUT2D eigenvalue weighted by molar-refractivity contribution is -0.118. The van der Waals surface area contributed by atoms with Crippen molar-refractivity contribution in [1.29, 1.82) is 0 Å². The molecule has 3 aromatic rings. The van der Waals surface area contributed by atoms with Crippen molar-refractivity contribution in [3.05, 3.63) is 66.4 Å². The van der Waals surface area contributed by atoms with E-state index in [1.165, 1.54) is 11.8 Å². The summed E-state index contributed by atoms with van der Waals surface area (Å²) in [6.45, 7) is 3.56. The maximum absolute atomic E-state index is 11.1. The molecule has 0 atom stereocenters. The fourth-order valence-corrected chi connectivity index (χ4v) is 3.15. The van der Waals surface area contributed by atoms with Gasteiger partial charge in [0, 0.05) is 29.1 Å². The van der Waals surface area contributed by atoms with E-state index in [0.29, 0.717) is 0 Å². The van der Waals surface area contributed by atoms with Crippen molar-refractivity contribution in [2.75, 3.05) is 5.75 Å². The third-order valence-electron chi connectivity index (χ3n) is 3.63. The molecular weight excluding hydrogens is 344 g/mol. The number of amides is 1. The van der Waals surface area contributed by atoms with Crippen LogP contribution < -0.4 is 5.43 Å². The minimum absolute atomic E-state index is 0.209. The number of hydrogen-bond acceptors (Lipinski definition) is 4. The summed E-state index contributed by atoms with van der Waals surface area (Å²) in [5.41, 5.74) is 6.05. The lowest BCUT2D eigenvalue weighted by Gasteiger charge is -2.02. The Morgan fingerprint density at radius 2 is 1.92 bits per heavy atom. The molecule has 0 saturated carbocycles. The number of hydrogen-bond donors (Lipinski definition) is 1. The van der Waals surface area contributed by atoms with Gasteiger partial charge in [-0.1, -0.05) is 37.3 Å². The molecule has 0 saturated heterocycles. The molecule has 6 heteroatoms. The van der Waals surface area contributed by atoms with Crippen molar-refractivity contribution < 1.29 is 4.79 Å². The van der Waals surface area contributed by atoms with Crippen LogP contribution in [0.4, 0.5) is 0 Å². The molecule has 132 valence electrons. The summed E-state index contributed by atoms with van der Waals surface area (Å²) in [4.78, 5) is 12.3. The predicted octanol–water partition coefficient (Wildman–Crippen LogP) is 4.12. The zero-order valence-corrected chi connectivity index (χ0v) is 15.5. The first-order chi connectivity index (χ1) is 12.7. The van der Waals surface area contributed by atoms with Crippen molar-refractivity contribution in [2.45, 2.75) is 18.7 Å². The van der Waals surface area contributed by atoms with E-state index in [0.717, 1.165) is 28.3 Å². The summed E-state index contributed by atoms with van der Waals surface area (Å²) in [6, 6.07) is 18.2. The molecule has 0 aliphatic rings. The van der Waals surface area contributed by atoms with Crippen LogP contribution in [0.5, 0.6) is 0 Å². The van der Waals surface area contributed by atoms with Crippen LogP contribution >= 0.6 is 11.8 Å². The molecule has 0 aliphatic carbocycles. The Morgan fingerprint density at radius 1 is 1.19 bits per heavy atom. The first-order valence-corrected chi connectivity index (χ1v) is 9.34. The number of thioether (sulfide) groups is 1. The molecule has 3 rings (SSSR count). The lowest BCUT2D eigenvalue weighted by Crippen LogP contribution is -2.12. The van der Waals surface area contributed by atoms with Crippen LogP contribution in [0.1, 0.15) is 19.4 Å². The number of para-hydroxylation sites is 1. The molecule has 1 N–H and O–H groups in total. The molecule has 1 aromatic heterocycles. The molecule has 1 heterocycles. The van der Waals surface area contributed by atoms with Crippen LogP contribution in [0.25, 0.3) is 16.9 Å². The van der Waals surface area contributed by atoms with Crippen LogP contribution in [-0.4, -0.2) is 27.7 Å². The zero-order valence-electron chi connectivity index (χ0n) is 14.7. The van der Waals surface area contributed by atoms with Gasteiger partial charge in [-0.15, -0.1) is 11.8 Å². The second-order valence-electron chi connectivity index (χ2n) is 5.60. The Morgan fingerprint density at radius 3 is 2.58 bits per heavy atom. The molecule has 0 bridgehead atoms. The van der Waals surface area contributed by atoms with Gasteiger partial charge in [-0.2, -0.15) is 10.2 Å². The van der Waals surface area contributed by atoms with E-state index < -0.39 is 0 Å². The molecule has 5 nitrogen and oxygen atoms in total. The van der Waals surface area contributed by atoms with E-state index in [4.69, 9.17) is 5.10 Å². The fraction of sp³-hybridized carbons (Fsp3) is 0.150. The minimum Gasteiger partial charge on any atom is -0.274 e. The normalized spacial score (nSPS) is 11.0. The highest BCUT2D eigenvalue weighted by Crippen LogP contribution is 2.26. The Balaban J connectivity index is 1.99. The number of nitrogens with zero attached hydrogens (tertiary/aromatic N) is 3. The average molecular weight is 364 g/mol. The van der Waals surface area contributed by atoms with E-state index in [1.807, 2.05) is 41.2 Å². The lowest BCUT2D eigenvalue weighted by atomic mass is 10.1. The standard InChI is InChI=1S/C20H20N4OS/c1-3-26-19-11-9-16(10-12-19)20-17(13-21-22-15(2)25)14-24(23-20)18-7-5-4-6-8-18/h4-14H,3H2,1-2H3,(H,22,25)/b21-13-. The number of carbonyl (C=O) groups excluding carboxylic acids is 1. The van der Waals surface area contributed by atoms with Crippen LogP contribution in [0, 0.1) is 0 Å². The fourth-order valence-electron chi connectivity index (χ4n) is 2.49. The van der Waals surface area contributed by atoms with E-state index in [2.05, 4.69) is 41.7 Å². The van der Waals surface area contributed by atoms with Gasteiger partial charge in [-0.3, -0.25) is 4.79 Å². The predicted molar refractivity (Wildman–Crippen MR) is 107 cm³/mol. The molecular formula is C20H20N4OS. The second-order valence-corrected chi connectivity index (χ2v) is 6.93. The molecule has 26 heavy (non-hydrogen) atoms. The Labute approximate surface area is 157 Å². The molecule has 0 fully saturated rings. The first-order valence-electron chi connectivity index (χ1n) is 8.35. The number of aromatic nitrogens is 2. The molecule has 0 radical (unpaired) electrons. The van der Waals surface area contributed by atoms with Gasteiger partial charge in [0.15, 0.2) is 0 Å². The number of rotatable bonds is 6. The van der Waals surface area contributed by atoms with E-state index in [-0.39, 0.29) is 5.91 Å². The van der Waals surface area contributed by atoms with Crippen LogP contribution in [0.3, 0.4) is 0 Å². The van der Waals surface area contributed by atoms with Crippen molar-refractivity contribution >= 4 is 23.9 Å². The number of hydrazone groups is 1. The summed E-state index contributed by atoms with van der Waals surface area (Å²) in [5, 5.41) is 8.73. The van der Waals surface area contributed by atoms with Gasteiger partial charge in [-0.25, -0.2) is 10.1 Å². The van der Waals surface area contributed by atoms with E-state index >= 15 is 0 Å². The molecule has 0 unspecified atom stereocenters. The summed E-state index contributed by atoms with van der Waals surface area (Å²) < 4.78 is 1.82. The smallest absolute Gasteiger partial charge is 0.236 e. The molecule has 0 spiro atoms. The maximum Gasteiger partial charge on any atom is 0.236 e. The highest BCUT2D eigenvalue weighted by Gasteiger charge is 2.11. The van der Waals surface area contributed by atoms with Gasteiger partial charge >= 0.3 is 0 Å².